The van der Waals surface area contributed by atoms with Gasteiger partial charge in [-0.25, -0.2) is 5.43 Å². The Bertz CT molecular complexity index is 327. The fourth-order valence-electron chi connectivity index (χ4n) is 2.89. The van der Waals surface area contributed by atoms with Crippen LogP contribution in [0.2, 0.25) is 0 Å². The third-order valence-corrected chi connectivity index (χ3v) is 4.49. The number of furan rings is 1. The Morgan fingerprint density at radius 3 is 2.27 bits per heavy atom. The van der Waals surface area contributed by atoms with Crippen molar-refractivity contribution in [3.05, 3.63) is 24.2 Å². The highest BCUT2D eigenvalue weighted by atomic mass is 16.3. The highest BCUT2D eigenvalue weighted by molar-refractivity contribution is 5.21. The van der Waals surface area contributed by atoms with E-state index in [1.165, 1.54) is 0 Å². The van der Waals surface area contributed by atoms with E-state index < -0.39 is 0 Å². The van der Waals surface area contributed by atoms with Gasteiger partial charge in [0.05, 0.1) is 12.3 Å². The summed E-state index contributed by atoms with van der Waals surface area (Å²) in [7, 11) is 0. The lowest BCUT2D eigenvalue weighted by atomic mass is 10.0. The van der Waals surface area contributed by atoms with Crippen LogP contribution in [0.15, 0.2) is 22.8 Å². The molecule has 1 atom stereocenters. The minimum Gasteiger partial charge on any atom is -0.468 e. The quantitative estimate of drug-likeness (QED) is 0.592. The Kier molecular flexibility index (Phi) is 2.21. The van der Waals surface area contributed by atoms with Crippen LogP contribution in [0.5, 0.6) is 0 Å². The molecule has 1 fully saturated rings. The monoisotopic (exact) mass is 208 g/mol. The predicted octanol–water partition coefficient (Wildman–Crippen LogP) is 2.47. The van der Waals surface area contributed by atoms with Gasteiger partial charge in [-0.3, -0.25) is 5.84 Å². The molecule has 3 N–H and O–H groups in total. The SMILES string of the molecule is CC1(C)C(C(NN)c2ccco2)C1(C)C. The number of rotatable bonds is 3. The lowest BCUT2D eigenvalue weighted by molar-refractivity contribution is 0.346. The molecular formula is C12H20N2O. The molecule has 1 unspecified atom stereocenters. The second-order valence-corrected chi connectivity index (χ2v) is 5.58. The van der Waals surface area contributed by atoms with Crippen molar-refractivity contribution in [3.8, 4) is 0 Å². The minimum atomic E-state index is 0.116. The fourth-order valence-corrected chi connectivity index (χ4v) is 2.89. The van der Waals surface area contributed by atoms with Crippen molar-refractivity contribution >= 4 is 0 Å². The third-order valence-electron chi connectivity index (χ3n) is 4.49. The van der Waals surface area contributed by atoms with E-state index in [0.29, 0.717) is 16.7 Å². The Balaban J connectivity index is 2.25. The van der Waals surface area contributed by atoms with Crippen LogP contribution in [0.1, 0.15) is 39.5 Å². The average molecular weight is 208 g/mol. The molecule has 1 aliphatic carbocycles. The number of hydrazine groups is 1. The van der Waals surface area contributed by atoms with Gasteiger partial charge in [-0.15, -0.1) is 0 Å². The summed E-state index contributed by atoms with van der Waals surface area (Å²) >= 11 is 0. The average Bonchev–Trinajstić information content (AvgIpc) is 2.63. The zero-order chi connectivity index (χ0) is 11.3. The van der Waals surface area contributed by atoms with Gasteiger partial charge in [0.25, 0.3) is 0 Å². The Morgan fingerprint density at radius 1 is 1.33 bits per heavy atom. The van der Waals surface area contributed by atoms with Gasteiger partial charge in [-0.1, -0.05) is 27.7 Å². The van der Waals surface area contributed by atoms with E-state index in [2.05, 4.69) is 33.1 Å². The molecule has 0 bridgehead atoms. The molecule has 0 saturated heterocycles. The Hall–Kier alpha value is -0.800. The van der Waals surface area contributed by atoms with Crippen LogP contribution < -0.4 is 11.3 Å². The summed E-state index contributed by atoms with van der Waals surface area (Å²) < 4.78 is 5.43. The van der Waals surface area contributed by atoms with Crippen LogP contribution in [-0.2, 0) is 0 Å². The summed E-state index contributed by atoms with van der Waals surface area (Å²) in [5.74, 6) is 7.08. The summed E-state index contributed by atoms with van der Waals surface area (Å²) in [6.07, 6.45) is 1.70. The van der Waals surface area contributed by atoms with Crippen LogP contribution in [0.25, 0.3) is 0 Å². The van der Waals surface area contributed by atoms with Gasteiger partial charge in [0.15, 0.2) is 0 Å². The zero-order valence-electron chi connectivity index (χ0n) is 9.87. The summed E-state index contributed by atoms with van der Waals surface area (Å²) in [6, 6.07) is 4.00. The van der Waals surface area contributed by atoms with Crippen molar-refractivity contribution in [2.24, 2.45) is 22.6 Å². The Labute approximate surface area is 91.0 Å². The third kappa shape index (κ3) is 1.34. The molecule has 0 radical (unpaired) electrons. The molecule has 1 saturated carbocycles. The lowest BCUT2D eigenvalue weighted by Crippen LogP contribution is -2.31. The zero-order valence-corrected chi connectivity index (χ0v) is 9.87. The molecule has 1 heterocycles. The lowest BCUT2D eigenvalue weighted by Gasteiger charge is -2.15. The van der Waals surface area contributed by atoms with E-state index in [9.17, 15) is 0 Å². The van der Waals surface area contributed by atoms with Gasteiger partial charge >= 0.3 is 0 Å². The van der Waals surface area contributed by atoms with Gasteiger partial charge in [-0.05, 0) is 28.9 Å². The predicted molar refractivity (Wildman–Crippen MR) is 59.8 cm³/mol. The first kappa shape index (κ1) is 10.7. The van der Waals surface area contributed by atoms with Crippen LogP contribution in [0.4, 0.5) is 0 Å². The summed E-state index contributed by atoms with van der Waals surface area (Å²) in [5.41, 5.74) is 3.49. The van der Waals surface area contributed by atoms with Crippen molar-refractivity contribution in [2.75, 3.05) is 0 Å². The van der Waals surface area contributed by atoms with E-state index >= 15 is 0 Å². The molecule has 3 heteroatoms. The normalized spacial score (nSPS) is 25.1. The van der Waals surface area contributed by atoms with Crippen molar-refractivity contribution in [2.45, 2.75) is 33.7 Å². The van der Waals surface area contributed by atoms with Crippen LogP contribution in [0.3, 0.4) is 0 Å². The first-order valence-corrected chi connectivity index (χ1v) is 5.42. The molecule has 0 amide bonds. The van der Waals surface area contributed by atoms with Crippen LogP contribution >= 0.6 is 0 Å². The fraction of sp³-hybridized carbons (Fsp3) is 0.667. The van der Waals surface area contributed by atoms with Gasteiger partial charge < -0.3 is 4.42 Å². The maximum atomic E-state index is 5.64. The molecule has 3 nitrogen and oxygen atoms in total. The van der Waals surface area contributed by atoms with Gasteiger partial charge in [0.1, 0.15) is 5.76 Å². The van der Waals surface area contributed by atoms with Gasteiger partial charge in [0, 0.05) is 0 Å². The molecule has 15 heavy (non-hydrogen) atoms. The maximum Gasteiger partial charge on any atom is 0.122 e. The highest BCUT2D eigenvalue weighted by Gasteiger charge is 2.67. The summed E-state index contributed by atoms with van der Waals surface area (Å²) in [6.45, 7) is 9.13. The van der Waals surface area contributed by atoms with Crippen molar-refractivity contribution in [3.63, 3.8) is 0 Å². The molecule has 1 aromatic rings. The van der Waals surface area contributed by atoms with E-state index in [0.717, 1.165) is 5.76 Å². The van der Waals surface area contributed by atoms with E-state index in [1.807, 2.05) is 12.1 Å². The summed E-state index contributed by atoms with van der Waals surface area (Å²) in [5, 5.41) is 0. The van der Waals surface area contributed by atoms with E-state index in [-0.39, 0.29) is 6.04 Å². The second kappa shape index (κ2) is 3.09. The van der Waals surface area contributed by atoms with Crippen molar-refractivity contribution in [1.29, 1.82) is 0 Å². The number of nitrogens with two attached hydrogens (primary N) is 1. The number of hydrogen-bond acceptors (Lipinski definition) is 3. The molecule has 1 aliphatic rings. The molecule has 0 aromatic carbocycles. The van der Waals surface area contributed by atoms with Gasteiger partial charge in [-0.2, -0.15) is 0 Å². The first-order chi connectivity index (χ1) is 6.93. The number of hydrogen-bond donors (Lipinski definition) is 2. The van der Waals surface area contributed by atoms with Gasteiger partial charge in [0.2, 0.25) is 0 Å². The topological polar surface area (TPSA) is 51.2 Å². The highest BCUT2D eigenvalue weighted by Crippen LogP contribution is 2.72. The second-order valence-electron chi connectivity index (χ2n) is 5.58. The standard InChI is InChI=1S/C12H20N2O/c1-11(2)10(12(11,3)4)9(14-13)8-6-5-7-15-8/h5-7,9-10,14H,13H2,1-4H3. The molecule has 0 spiro atoms. The summed E-state index contributed by atoms with van der Waals surface area (Å²) in [4.78, 5) is 0. The van der Waals surface area contributed by atoms with Crippen molar-refractivity contribution < 1.29 is 4.42 Å². The number of nitrogens with one attached hydrogen (secondary N) is 1. The van der Waals surface area contributed by atoms with E-state index in [1.54, 1.807) is 6.26 Å². The first-order valence-electron chi connectivity index (χ1n) is 5.42. The molecular weight excluding hydrogens is 188 g/mol. The molecule has 2 rings (SSSR count). The molecule has 84 valence electrons. The van der Waals surface area contributed by atoms with Crippen molar-refractivity contribution in [1.82, 2.24) is 5.43 Å². The molecule has 1 aromatic heterocycles. The van der Waals surface area contributed by atoms with E-state index in [4.69, 9.17) is 10.3 Å². The van der Waals surface area contributed by atoms with Crippen LogP contribution in [-0.4, -0.2) is 0 Å². The largest absolute Gasteiger partial charge is 0.468 e. The van der Waals surface area contributed by atoms with Crippen LogP contribution in [0, 0.1) is 16.7 Å². The Morgan fingerprint density at radius 2 is 1.93 bits per heavy atom. The smallest absolute Gasteiger partial charge is 0.122 e. The maximum absolute atomic E-state index is 5.64. The molecule has 0 aliphatic heterocycles. The minimum absolute atomic E-state index is 0.116.